The van der Waals surface area contributed by atoms with Crippen LogP contribution in [0.5, 0.6) is 11.5 Å². The third-order valence-electron chi connectivity index (χ3n) is 6.14. The molecule has 1 aliphatic heterocycles. The lowest BCUT2D eigenvalue weighted by molar-refractivity contribution is -0.121. The van der Waals surface area contributed by atoms with Gasteiger partial charge < -0.3 is 14.8 Å². The van der Waals surface area contributed by atoms with E-state index in [-0.39, 0.29) is 23.3 Å². The van der Waals surface area contributed by atoms with Gasteiger partial charge in [0.2, 0.25) is 15.9 Å². The van der Waals surface area contributed by atoms with Crippen LogP contribution in [0, 0.1) is 6.92 Å². The van der Waals surface area contributed by atoms with E-state index >= 15 is 0 Å². The van der Waals surface area contributed by atoms with Gasteiger partial charge in [-0.25, -0.2) is 8.42 Å². The smallest absolute Gasteiger partial charge is 0.243 e. The summed E-state index contributed by atoms with van der Waals surface area (Å²) in [6.07, 6.45) is 3.14. The van der Waals surface area contributed by atoms with Gasteiger partial charge in [0.15, 0.2) is 0 Å². The maximum atomic E-state index is 12.9. The molecule has 1 N–H and O–H groups in total. The molecule has 1 saturated heterocycles. The van der Waals surface area contributed by atoms with Crippen molar-refractivity contribution in [2.75, 3.05) is 27.3 Å². The lowest BCUT2D eigenvalue weighted by atomic mass is 10.0. The molecule has 0 unspecified atom stereocenters. The Labute approximate surface area is 197 Å². The number of sulfonamides is 1. The number of hydrogen-bond acceptors (Lipinski definition) is 5. The van der Waals surface area contributed by atoms with Crippen LogP contribution in [0.2, 0.25) is 0 Å². The fourth-order valence-electron chi connectivity index (χ4n) is 4.24. The minimum Gasteiger partial charge on any atom is -0.496 e. The lowest BCUT2D eigenvalue weighted by Crippen LogP contribution is -2.29. The lowest BCUT2D eigenvalue weighted by Gasteiger charge is -2.19. The summed E-state index contributed by atoms with van der Waals surface area (Å²) in [6.45, 7) is 5.11. The highest BCUT2D eigenvalue weighted by atomic mass is 32.2. The highest BCUT2D eigenvalue weighted by Crippen LogP contribution is 2.28. The monoisotopic (exact) mass is 474 g/mol. The first-order chi connectivity index (χ1) is 15.8. The Balaban J connectivity index is 1.70. The molecule has 0 saturated carbocycles. The Kier molecular flexibility index (Phi) is 8.37. The van der Waals surface area contributed by atoms with Crippen molar-refractivity contribution in [3.05, 3.63) is 53.1 Å². The van der Waals surface area contributed by atoms with E-state index in [1.54, 1.807) is 32.4 Å². The van der Waals surface area contributed by atoms with Gasteiger partial charge in [-0.05, 0) is 73.6 Å². The molecule has 8 heteroatoms. The molecule has 1 aliphatic rings. The summed E-state index contributed by atoms with van der Waals surface area (Å²) in [6, 6.07) is 10.7. The highest BCUT2D eigenvalue weighted by Gasteiger charge is 2.28. The molecule has 0 aromatic heterocycles. The quantitative estimate of drug-likeness (QED) is 0.563. The van der Waals surface area contributed by atoms with Gasteiger partial charge in [0, 0.05) is 19.5 Å². The zero-order valence-electron chi connectivity index (χ0n) is 19.9. The second kappa shape index (κ2) is 11.0. The van der Waals surface area contributed by atoms with Crippen LogP contribution in [0.25, 0.3) is 0 Å². The number of benzene rings is 2. The fraction of sp³-hybridized carbons (Fsp3) is 0.480. The molecular formula is C25H34N2O5S. The molecule has 1 fully saturated rings. The van der Waals surface area contributed by atoms with Crippen molar-refractivity contribution < 1.29 is 22.7 Å². The summed E-state index contributed by atoms with van der Waals surface area (Å²) in [5.41, 5.74) is 2.75. The first-order valence-corrected chi connectivity index (χ1v) is 12.8. The number of rotatable bonds is 10. The van der Waals surface area contributed by atoms with Gasteiger partial charge in [-0.1, -0.05) is 19.1 Å². The van der Waals surface area contributed by atoms with E-state index < -0.39 is 10.0 Å². The average Bonchev–Trinajstić information content (AvgIpc) is 3.37. The Morgan fingerprint density at radius 3 is 2.33 bits per heavy atom. The molecular weight excluding hydrogens is 440 g/mol. The number of methoxy groups -OCH3 is 2. The van der Waals surface area contributed by atoms with Crippen LogP contribution in [-0.4, -0.2) is 45.9 Å². The van der Waals surface area contributed by atoms with Crippen molar-refractivity contribution in [1.29, 1.82) is 0 Å². The molecule has 0 aliphatic carbocycles. The normalized spacial score (nSPS) is 15.3. The first-order valence-electron chi connectivity index (χ1n) is 11.4. The number of amides is 1. The van der Waals surface area contributed by atoms with Crippen molar-refractivity contribution in [2.24, 2.45) is 0 Å². The van der Waals surface area contributed by atoms with E-state index in [2.05, 4.69) is 5.32 Å². The van der Waals surface area contributed by atoms with E-state index in [1.807, 2.05) is 32.0 Å². The second-order valence-electron chi connectivity index (χ2n) is 8.34. The standard InChI is InChI=1S/C25H34N2O5S/c1-5-22(19-8-11-23(31-3)18(2)16-19)26-25(28)13-9-20-17-21(10-12-24(20)32-4)33(29,30)27-14-6-7-15-27/h8,10-12,16-17,22H,5-7,9,13-15H2,1-4H3,(H,26,28)/t22-/m1/s1. The Morgan fingerprint density at radius 1 is 1.06 bits per heavy atom. The third kappa shape index (κ3) is 5.86. The molecule has 3 rings (SSSR count). The van der Waals surface area contributed by atoms with Gasteiger partial charge in [-0.2, -0.15) is 4.31 Å². The number of carbonyl (C=O) groups excluding carboxylic acids is 1. The molecule has 33 heavy (non-hydrogen) atoms. The van der Waals surface area contributed by atoms with Crippen molar-refractivity contribution in [1.82, 2.24) is 9.62 Å². The minimum absolute atomic E-state index is 0.0924. The van der Waals surface area contributed by atoms with Crippen molar-refractivity contribution in [2.45, 2.75) is 56.9 Å². The molecule has 1 amide bonds. The number of aryl methyl sites for hydroxylation is 2. The number of nitrogens with zero attached hydrogens (tertiary/aromatic N) is 1. The number of carbonyl (C=O) groups is 1. The molecule has 1 atom stereocenters. The van der Waals surface area contributed by atoms with Crippen LogP contribution in [0.15, 0.2) is 41.3 Å². The van der Waals surface area contributed by atoms with E-state index in [0.717, 1.165) is 36.1 Å². The van der Waals surface area contributed by atoms with Crippen LogP contribution in [0.1, 0.15) is 55.3 Å². The largest absolute Gasteiger partial charge is 0.496 e. The van der Waals surface area contributed by atoms with E-state index in [4.69, 9.17) is 9.47 Å². The predicted molar refractivity (Wildman–Crippen MR) is 128 cm³/mol. The molecule has 7 nitrogen and oxygen atoms in total. The summed E-state index contributed by atoms with van der Waals surface area (Å²) in [7, 11) is -0.339. The van der Waals surface area contributed by atoms with Gasteiger partial charge in [-0.3, -0.25) is 4.79 Å². The molecule has 180 valence electrons. The summed E-state index contributed by atoms with van der Waals surface area (Å²) in [5.74, 6) is 1.31. The van der Waals surface area contributed by atoms with Gasteiger partial charge in [0.25, 0.3) is 0 Å². The van der Waals surface area contributed by atoms with Crippen LogP contribution in [0.4, 0.5) is 0 Å². The molecule has 2 aromatic carbocycles. The third-order valence-corrected chi connectivity index (χ3v) is 8.04. The molecule has 2 aromatic rings. The molecule has 0 spiro atoms. The highest BCUT2D eigenvalue weighted by molar-refractivity contribution is 7.89. The Morgan fingerprint density at radius 2 is 1.73 bits per heavy atom. The van der Waals surface area contributed by atoms with Gasteiger partial charge in [0.1, 0.15) is 11.5 Å². The average molecular weight is 475 g/mol. The Bertz CT molecular complexity index is 1080. The number of hydrogen-bond donors (Lipinski definition) is 1. The van der Waals surface area contributed by atoms with E-state index in [1.165, 1.54) is 4.31 Å². The number of nitrogens with one attached hydrogen (secondary N) is 1. The predicted octanol–water partition coefficient (Wildman–Crippen LogP) is 4.00. The molecule has 0 radical (unpaired) electrons. The maximum absolute atomic E-state index is 12.9. The van der Waals surface area contributed by atoms with Crippen molar-refractivity contribution >= 4 is 15.9 Å². The summed E-state index contributed by atoms with van der Waals surface area (Å²) < 4.78 is 38.1. The summed E-state index contributed by atoms with van der Waals surface area (Å²) in [5, 5.41) is 3.10. The Hall–Kier alpha value is -2.58. The van der Waals surface area contributed by atoms with Gasteiger partial charge >= 0.3 is 0 Å². The SMILES string of the molecule is CC[C@@H](NC(=O)CCc1cc(S(=O)(=O)N2CCCC2)ccc1OC)c1ccc(OC)c(C)c1. The minimum atomic E-state index is -3.53. The maximum Gasteiger partial charge on any atom is 0.243 e. The van der Waals surface area contributed by atoms with E-state index in [0.29, 0.717) is 30.8 Å². The van der Waals surface area contributed by atoms with Crippen LogP contribution >= 0.6 is 0 Å². The fourth-order valence-corrected chi connectivity index (χ4v) is 5.81. The number of ether oxygens (including phenoxy) is 2. The zero-order valence-corrected chi connectivity index (χ0v) is 20.7. The van der Waals surface area contributed by atoms with Gasteiger partial charge in [-0.15, -0.1) is 0 Å². The topological polar surface area (TPSA) is 84.9 Å². The van der Waals surface area contributed by atoms with Crippen LogP contribution in [-0.2, 0) is 21.2 Å². The molecule has 1 heterocycles. The van der Waals surface area contributed by atoms with Crippen LogP contribution < -0.4 is 14.8 Å². The van der Waals surface area contributed by atoms with Crippen molar-refractivity contribution in [3.8, 4) is 11.5 Å². The van der Waals surface area contributed by atoms with Crippen LogP contribution in [0.3, 0.4) is 0 Å². The zero-order chi connectivity index (χ0) is 24.0. The summed E-state index contributed by atoms with van der Waals surface area (Å²) >= 11 is 0. The second-order valence-corrected chi connectivity index (χ2v) is 10.3. The summed E-state index contributed by atoms with van der Waals surface area (Å²) in [4.78, 5) is 13.0. The van der Waals surface area contributed by atoms with E-state index in [9.17, 15) is 13.2 Å². The van der Waals surface area contributed by atoms with Crippen molar-refractivity contribution in [3.63, 3.8) is 0 Å². The van der Waals surface area contributed by atoms with Gasteiger partial charge in [0.05, 0.1) is 25.2 Å². The first kappa shape index (κ1) is 25.1. The molecule has 0 bridgehead atoms.